The summed E-state index contributed by atoms with van der Waals surface area (Å²) in [7, 11) is 2.76. The zero-order valence-electron chi connectivity index (χ0n) is 14.2. The predicted octanol–water partition coefficient (Wildman–Crippen LogP) is 2.94. The maximum absolute atomic E-state index is 8.99. The van der Waals surface area contributed by atoms with E-state index in [1.807, 2.05) is 12.1 Å². The number of rotatable bonds is 4. The SMILES string of the molecule is CCc1ccc(CN2CCN(c3ccc(C#N)cc3P)CC2)cc1. The molecule has 0 aliphatic carbocycles. The summed E-state index contributed by atoms with van der Waals surface area (Å²) in [6.07, 6.45) is 1.10. The van der Waals surface area contributed by atoms with Gasteiger partial charge in [0.05, 0.1) is 11.6 Å². The minimum atomic E-state index is 0.720. The van der Waals surface area contributed by atoms with Gasteiger partial charge in [-0.05, 0) is 41.1 Å². The fourth-order valence-electron chi connectivity index (χ4n) is 3.20. The van der Waals surface area contributed by atoms with E-state index < -0.39 is 0 Å². The van der Waals surface area contributed by atoms with Crippen molar-refractivity contribution in [3.05, 3.63) is 59.2 Å². The van der Waals surface area contributed by atoms with E-state index >= 15 is 0 Å². The molecule has 2 aromatic rings. The molecule has 0 bridgehead atoms. The van der Waals surface area contributed by atoms with Crippen molar-refractivity contribution in [3.63, 3.8) is 0 Å². The van der Waals surface area contributed by atoms with Gasteiger partial charge in [-0.1, -0.05) is 31.2 Å². The second kappa shape index (κ2) is 7.79. The van der Waals surface area contributed by atoms with Crippen LogP contribution in [-0.2, 0) is 13.0 Å². The fraction of sp³-hybridized carbons (Fsp3) is 0.350. The highest BCUT2D eigenvalue weighted by atomic mass is 31.0. The molecular weight excluding hydrogens is 313 g/mol. The van der Waals surface area contributed by atoms with Gasteiger partial charge >= 0.3 is 0 Å². The van der Waals surface area contributed by atoms with Crippen molar-refractivity contribution in [2.24, 2.45) is 0 Å². The number of nitriles is 1. The lowest BCUT2D eigenvalue weighted by atomic mass is 10.1. The molecule has 0 radical (unpaired) electrons. The molecule has 0 saturated carbocycles. The van der Waals surface area contributed by atoms with Crippen LogP contribution in [0.5, 0.6) is 0 Å². The minimum absolute atomic E-state index is 0.720. The highest BCUT2D eigenvalue weighted by molar-refractivity contribution is 7.28. The summed E-state index contributed by atoms with van der Waals surface area (Å²) in [5.41, 5.74) is 4.74. The third-order valence-electron chi connectivity index (χ3n) is 4.71. The van der Waals surface area contributed by atoms with Gasteiger partial charge in [-0.15, -0.1) is 9.24 Å². The number of hydrogen-bond donors (Lipinski definition) is 0. The maximum atomic E-state index is 8.99. The van der Waals surface area contributed by atoms with Gasteiger partial charge in [0.15, 0.2) is 0 Å². The second-order valence-corrected chi connectivity index (χ2v) is 6.94. The van der Waals surface area contributed by atoms with E-state index in [9.17, 15) is 0 Å². The number of piperazine rings is 1. The Bertz CT molecular complexity index is 726. The number of nitrogens with zero attached hydrogens (tertiary/aromatic N) is 3. The lowest BCUT2D eigenvalue weighted by Crippen LogP contribution is -2.46. The summed E-state index contributed by atoms with van der Waals surface area (Å²) in [4.78, 5) is 4.93. The van der Waals surface area contributed by atoms with Gasteiger partial charge < -0.3 is 4.90 Å². The van der Waals surface area contributed by atoms with Crippen LogP contribution in [0.25, 0.3) is 0 Å². The Morgan fingerprint density at radius 3 is 2.25 bits per heavy atom. The summed E-state index contributed by atoms with van der Waals surface area (Å²) in [6.45, 7) is 7.41. The topological polar surface area (TPSA) is 30.3 Å². The standard InChI is InChI=1S/C20H24N3P/c1-2-16-3-5-17(6-4-16)15-22-9-11-23(12-10-22)19-8-7-18(14-21)13-20(19)24/h3-8,13H,2,9-12,15,24H2,1H3. The number of aryl methyl sites for hydroxylation is 1. The van der Waals surface area contributed by atoms with Gasteiger partial charge in [0.1, 0.15) is 0 Å². The summed E-state index contributed by atoms with van der Waals surface area (Å²) in [5.74, 6) is 0. The van der Waals surface area contributed by atoms with Gasteiger partial charge in [0, 0.05) is 38.4 Å². The molecule has 0 aromatic heterocycles. The largest absolute Gasteiger partial charge is 0.368 e. The Balaban J connectivity index is 1.58. The van der Waals surface area contributed by atoms with Gasteiger partial charge in [-0.3, -0.25) is 4.90 Å². The first-order valence-electron chi connectivity index (χ1n) is 8.54. The summed E-state index contributed by atoms with van der Waals surface area (Å²) >= 11 is 0. The first kappa shape index (κ1) is 17.0. The molecular formula is C20H24N3P. The van der Waals surface area contributed by atoms with E-state index in [0.29, 0.717) is 0 Å². The van der Waals surface area contributed by atoms with E-state index in [4.69, 9.17) is 5.26 Å². The quantitative estimate of drug-likeness (QED) is 0.804. The summed E-state index contributed by atoms with van der Waals surface area (Å²) < 4.78 is 0. The third-order valence-corrected chi connectivity index (χ3v) is 5.17. The lowest BCUT2D eigenvalue weighted by Gasteiger charge is -2.36. The van der Waals surface area contributed by atoms with E-state index in [2.05, 4.69) is 62.4 Å². The Morgan fingerprint density at radius 1 is 1.00 bits per heavy atom. The van der Waals surface area contributed by atoms with Crippen LogP contribution >= 0.6 is 9.24 Å². The molecule has 0 amide bonds. The molecule has 1 heterocycles. The van der Waals surface area contributed by atoms with Crippen LogP contribution in [0.2, 0.25) is 0 Å². The Morgan fingerprint density at radius 2 is 1.67 bits per heavy atom. The van der Waals surface area contributed by atoms with E-state index in [0.717, 1.165) is 50.0 Å². The monoisotopic (exact) mass is 337 g/mol. The van der Waals surface area contributed by atoms with E-state index in [1.54, 1.807) is 0 Å². The number of hydrogen-bond acceptors (Lipinski definition) is 3. The molecule has 124 valence electrons. The molecule has 1 saturated heterocycles. The molecule has 24 heavy (non-hydrogen) atoms. The molecule has 1 unspecified atom stereocenters. The average Bonchev–Trinajstić information content (AvgIpc) is 2.63. The molecule has 4 heteroatoms. The Labute approximate surface area is 147 Å². The molecule has 1 aliphatic heterocycles. The van der Waals surface area contributed by atoms with Crippen LogP contribution in [0.3, 0.4) is 0 Å². The molecule has 3 rings (SSSR count). The van der Waals surface area contributed by atoms with Crippen molar-refractivity contribution in [1.29, 1.82) is 5.26 Å². The van der Waals surface area contributed by atoms with Crippen molar-refractivity contribution in [2.45, 2.75) is 19.9 Å². The van der Waals surface area contributed by atoms with Crippen molar-refractivity contribution in [3.8, 4) is 6.07 Å². The average molecular weight is 337 g/mol. The zero-order valence-corrected chi connectivity index (χ0v) is 15.4. The molecule has 1 atom stereocenters. The van der Waals surface area contributed by atoms with Crippen molar-refractivity contribution in [1.82, 2.24) is 4.90 Å². The Hall–Kier alpha value is -1.88. The van der Waals surface area contributed by atoms with Crippen LogP contribution < -0.4 is 10.2 Å². The minimum Gasteiger partial charge on any atom is -0.368 e. The molecule has 3 nitrogen and oxygen atoms in total. The van der Waals surface area contributed by atoms with Gasteiger partial charge in [-0.25, -0.2) is 0 Å². The summed E-state index contributed by atoms with van der Waals surface area (Å²) in [5, 5.41) is 10.1. The molecule has 0 spiro atoms. The van der Waals surface area contributed by atoms with E-state index in [-0.39, 0.29) is 0 Å². The molecule has 0 N–H and O–H groups in total. The van der Waals surface area contributed by atoms with Crippen molar-refractivity contribution < 1.29 is 0 Å². The molecule has 1 fully saturated rings. The predicted molar refractivity (Wildman–Crippen MR) is 104 cm³/mol. The zero-order chi connectivity index (χ0) is 16.9. The molecule has 2 aromatic carbocycles. The van der Waals surface area contributed by atoms with Gasteiger partial charge in [0.2, 0.25) is 0 Å². The van der Waals surface area contributed by atoms with Crippen molar-refractivity contribution in [2.75, 3.05) is 31.1 Å². The van der Waals surface area contributed by atoms with Crippen LogP contribution in [0, 0.1) is 11.3 Å². The lowest BCUT2D eigenvalue weighted by molar-refractivity contribution is 0.250. The summed E-state index contributed by atoms with van der Waals surface area (Å²) in [6, 6.07) is 17.1. The second-order valence-electron chi connectivity index (χ2n) is 6.32. The van der Waals surface area contributed by atoms with Gasteiger partial charge in [0.25, 0.3) is 0 Å². The smallest absolute Gasteiger partial charge is 0.0991 e. The fourth-order valence-corrected chi connectivity index (χ4v) is 3.66. The van der Waals surface area contributed by atoms with Gasteiger partial charge in [-0.2, -0.15) is 5.26 Å². The highest BCUT2D eigenvalue weighted by Crippen LogP contribution is 2.19. The Kier molecular flexibility index (Phi) is 5.51. The van der Waals surface area contributed by atoms with Crippen LogP contribution in [-0.4, -0.2) is 31.1 Å². The first-order chi connectivity index (χ1) is 11.7. The number of anilines is 1. The molecule has 1 aliphatic rings. The first-order valence-corrected chi connectivity index (χ1v) is 9.12. The van der Waals surface area contributed by atoms with Crippen LogP contribution in [0.1, 0.15) is 23.6 Å². The third kappa shape index (κ3) is 3.96. The normalized spacial score (nSPS) is 15.3. The highest BCUT2D eigenvalue weighted by Gasteiger charge is 2.18. The maximum Gasteiger partial charge on any atom is 0.0991 e. The van der Waals surface area contributed by atoms with E-state index in [1.165, 1.54) is 16.8 Å². The van der Waals surface area contributed by atoms with Crippen LogP contribution in [0.4, 0.5) is 5.69 Å². The van der Waals surface area contributed by atoms with Crippen LogP contribution in [0.15, 0.2) is 42.5 Å². The number of benzene rings is 2. The van der Waals surface area contributed by atoms with Crippen molar-refractivity contribution >= 4 is 20.2 Å².